The number of likely N-dealkylation sites (tertiary alicyclic amines) is 1. The van der Waals surface area contributed by atoms with Gasteiger partial charge in [0.1, 0.15) is 5.78 Å². The molecule has 2 fully saturated rings. The minimum absolute atomic E-state index is 0.0732. The lowest BCUT2D eigenvalue weighted by atomic mass is 9.59. The van der Waals surface area contributed by atoms with Gasteiger partial charge in [0.2, 0.25) is 0 Å². The van der Waals surface area contributed by atoms with Crippen LogP contribution < -0.4 is 0 Å². The van der Waals surface area contributed by atoms with E-state index in [0.29, 0.717) is 11.7 Å². The number of hydrogen-bond acceptors (Lipinski definition) is 2. The van der Waals surface area contributed by atoms with Crippen molar-refractivity contribution in [2.75, 3.05) is 13.1 Å². The highest BCUT2D eigenvalue weighted by atomic mass is 16.1. The summed E-state index contributed by atoms with van der Waals surface area (Å²) in [6.45, 7) is 3.21. The Morgan fingerprint density at radius 2 is 1.71 bits per heavy atom. The number of benzene rings is 2. The summed E-state index contributed by atoms with van der Waals surface area (Å²) >= 11 is 0. The first-order valence-corrected chi connectivity index (χ1v) is 9.10. The van der Waals surface area contributed by atoms with E-state index in [1.54, 1.807) is 0 Å². The lowest BCUT2D eigenvalue weighted by molar-refractivity contribution is -0.125. The molecule has 0 N–H and O–H groups in total. The van der Waals surface area contributed by atoms with Gasteiger partial charge in [-0.3, -0.25) is 9.69 Å². The van der Waals surface area contributed by atoms with Crippen molar-refractivity contribution >= 4 is 5.78 Å². The number of rotatable bonds is 3. The van der Waals surface area contributed by atoms with Crippen LogP contribution >= 0.6 is 0 Å². The molecule has 1 aliphatic carbocycles. The first kappa shape index (κ1) is 15.6. The van der Waals surface area contributed by atoms with Gasteiger partial charge in [-0.15, -0.1) is 0 Å². The van der Waals surface area contributed by atoms with E-state index in [0.717, 1.165) is 45.3 Å². The predicted molar refractivity (Wildman–Crippen MR) is 96.8 cm³/mol. The molecule has 0 amide bonds. The molecule has 2 nitrogen and oxygen atoms in total. The Morgan fingerprint density at radius 1 is 1.00 bits per heavy atom. The minimum Gasteiger partial charge on any atom is -0.300 e. The average Bonchev–Trinajstić information content (AvgIpc) is 2.63. The molecule has 0 radical (unpaired) electrons. The van der Waals surface area contributed by atoms with Gasteiger partial charge in [-0.05, 0) is 36.4 Å². The number of ketones is 1. The fourth-order valence-corrected chi connectivity index (χ4v) is 4.75. The summed E-state index contributed by atoms with van der Waals surface area (Å²) in [5.74, 6) is 1.04. The lowest BCUT2D eigenvalue weighted by Crippen LogP contribution is -2.52. The normalized spacial score (nSPS) is 27.7. The SMILES string of the molecule is O=C1CC[C@H]2CN(Cc3ccccc3)CC[C@]2(c2ccccc2)C1. The number of Topliss-reactive ketones (excluding diaryl/α,β-unsaturated/α-hetero) is 1. The van der Waals surface area contributed by atoms with Crippen LogP contribution in [0, 0.1) is 5.92 Å². The molecule has 2 aromatic rings. The van der Waals surface area contributed by atoms with Gasteiger partial charge < -0.3 is 0 Å². The molecule has 2 atom stereocenters. The molecule has 1 saturated carbocycles. The van der Waals surface area contributed by atoms with Crippen molar-refractivity contribution in [2.24, 2.45) is 5.92 Å². The van der Waals surface area contributed by atoms with E-state index >= 15 is 0 Å². The van der Waals surface area contributed by atoms with Gasteiger partial charge in [0.05, 0.1) is 0 Å². The zero-order valence-electron chi connectivity index (χ0n) is 14.2. The Hall–Kier alpha value is -1.93. The van der Waals surface area contributed by atoms with Crippen LogP contribution in [0.1, 0.15) is 36.8 Å². The number of piperidine rings is 1. The third-order valence-electron chi connectivity index (χ3n) is 6.02. The monoisotopic (exact) mass is 319 g/mol. The molecular formula is C22H25NO. The Labute approximate surface area is 144 Å². The van der Waals surface area contributed by atoms with Gasteiger partial charge in [-0.2, -0.15) is 0 Å². The average molecular weight is 319 g/mol. The highest BCUT2D eigenvalue weighted by Crippen LogP contribution is 2.48. The summed E-state index contributed by atoms with van der Waals surface area (Å²) in [7, 11) is 0. The third kappa shape index (κ3) is 2.91. The van der Waals surface area contributed by atoms with Gasteiger partial charge in [-0.25, -0.2) is 0 Å². The summed E-state index contributed by atoms with van der Waals surface area (Å²) in [6, 6.07) is 21.5. The molecule has 2 heteroatoms. The maximum Gasteiger partial charge on any atom is 0.133 e. The third-order valence-corrected chi connectivity index (χ3v) is 6.02. The molecule has 1 heterocycles. The highest BCUT2D eigenvalue weighted by molar-refractivity contribution is 5.81. The van der Waals surface area contributed by atoms with Gasteiger partial charge >= 0.3 is 0 Å². The fraction of sp³-hybridized carbons (Fsp3) is 0.409. The number of carbonyl (C=O) groups excluding carboxylic acids is 1. The zero-order chi connectivity index (χ0) is 16.4. The van der Waals surface area contributed by atoms with Crippen LogP contribution in [0.2, 0.25) is 0 Å². The minimum atomic E-state index is 0.0732. The Balaban J connectivity index is 1.57. The van der Waals surface area contributed by atoms with Crippen LogP contribution in [-0.4, -0.2) is 23.8 Å². The molecular weight excluding hydrogens is 294 g/mol. The Morgan fingerprint density at radius 3 is 2.46 bits per heavy atom. The van der Waals surface area contributed by atoms with E-state index in [-0.39, 0.29) is 5.41 Å². The second-order valence-corrected chi connectivity index (χ2v) is 7.44. The highest BCUT2D eigenvalue weighted by Gasteiger charge is 2.47. The van der Waals surface area contributed by atoms with E-state index in [1.807, 2.05) is 0 Å². The molecule has 1 saturated heterocycles. The fourth-order valence-electron chi connectivity index (χ4n) is 4.75. The van der Waals surface area contributed by atoms with E-state index in [2.05, 4.69) is 65.6 Å². The molecule has 124 valence electrons. The molecule has 1 aliphatic heterocycles. The summed E-state index contributed by atoms with van der Waals surface area (Å²) in [6.07, 6.45) is 3.64. The molecule has 0 unspecified atom stereocenters. The maximum absolute atomic E-state index is 12.3. The number of hydrogen-bond donors (Lipinski definition) is 0. The number of carbonyl (C=O) groups is 1. The van der Waals surface area contributed by atoms with Crippen molar-refractivity contribution in [3.05, 3.63) is 71.8 Å². The van der Waals surface area contributed by atoms with Gasteiger partial charge in [0.15, 0.2) is 0 Å². The Kier molecular flexibility index (Phi) is 4.24. The van der Waals surface area contributed by atoms with Crippen LogP contribution in [0.4, 0.5) is 0 Å². The van der Waals surface area contributed by atoms with Crippen LogP contribution in [0.15, 0.2) is 60.7 Å². The van der Waals surface area contributed by atoms with Crippen LogP contribution in [0.25, 0.3) is 0 Å². The second kappa shape index (κ2) is 6.52. The maximum atomic E-state index is 12.3. The quantitative estimate of drug-likeness (QED) is 0.845. The first-order valence-electron chi connectivity index (χ1n) is 9.10. The summed E-state index contributed by atoms with van der Waals surface area (Å²) in [5, 5.41) is 0. The lowest BCUT2D eigenvalue weighted by Gasteiger charge is -2.50. The molecule has 2 aromatic carbocycles. The van der Waals surface area contributed by atoms with Crippen molar-refractivity contribution < 1.29 is 4.79 Å². The van der Waals surface area contributed by atoms with Crippen molar-refractivity contribution in [2.45, 2.75) is 37.6 Å². The van der Waals surface area contributed by atoms with Crippen molar-refractivity contribution in [3.63, 3.8) is 0 Å². The van der Waals surface area contributed by atoms with Crippen LogP contribution in [0.5, 0.6) is 0 Å². The molecule has 0 spiro atoms. The predicted octanol–water partition coefficient (Wildman–Crippen LogP) is 4.20. The van der Waals surface area contributed by atoms with E-state index in [9.17, 15) is 4.79 Å². The second-order valence-electron chi connectivity index (χ2n) is 7.44. The summed E-state index contributed by atoms with van der Waals surface area (Å²) in [4.78, 5) is 14.8. The van der Waals surface area contributed by atoms with Crippen LogP contribution in [0.3, 0.4) is 0 Å². The smallest absolute Gasteiger partial charge is 0.133 e. The van der Waals surface area contributed by atoms with Gasteiger partial charge in [0.25, 0.3) is 0 Å². The summed E-state index contributed by atoms with van der Waals surface area (Å²) in [5.41, 5.74) is 2.84. The topological polar surface area (TPSA) is 20.3 Å². The molecule has 2 aliphatic rings. The zero-order valence-corrected chi connectivity index (χ0v) is 14.2. The van der Waals surface area contributed by atoms with Crippen molar-refractivity contribution in [1.29, 1.82) is 0 Å². The molecule has 0 aromatic heterocycles. The van der Waals surface area contributed by atoms with Crippen molar-refractivity contribution in [3.8, 4) is 0 Å². The molecule has 4 rings (SSSR count). The largest absolute Gasteiger partial charge is 0.300 e. The van der Waals surface area contributed by atoms with Crippen molar-refractivity contribution in [1.82, 2.24) is 4.90 Å². The molecule has 0 bridgehead atoms. The van der Waals surface area contributed by atoms with Gasteiger partial charge in [0, 0.05) is 31.3 Å². The number of fused-ring (bicyclic) bond motifs is 1. The standard InChI is InChI=1S/C22H25NO/c24-21-12-11-20-17-23(16-18-7-3-1-4-8-18)14-13-22(20,15-21)19-9-5-2-6-10-19/h1-10,20H,11-17H2/t20-,22+/m0/s1. The van der Waals surface area contributed by atoms with E-state index in [4.69, 9.17) is 0 Å². The van der Waals surface area contributed by atoms with Crippen LogP contribution in [-0.2, 0) is 16.8 Å². The first-order chi connectivity index (χ1) is 11.8. The number of nitrogens with zero attached hydrogens (tertiary/aromatic N) is 1. The Bertz CT molecular complexity index is 696. The van der Waals surface area contributed by atoms with E-state index < -0.39 is 0 Å². The van der Waals surface area contributed by atoms with E-state index in [1.165, 1.54) is 11.1 Å². The summed E-state index contributed by atoms with van der Waals surface area (Å²) < 4.78 is 0. The van der Waals surface area contributed by atoms with Gasteiger partial charge in [-0.1, -0.05) is 60.7 Å². The molecule has 24 heavy (non-hydrogen) atoms.